The van der Waals surface area contributed by atoms with Gasteiger partial charge in [-0.2, -0.15) is 0 Å². The lowest BCUT2D eigenvalue weighted by Crippen LogP contribution is -2.54. The molecule has 0 bridgehead atoms. The first-order chi connectivity index (χ1) is 15.5. The van der Waals surface area contributed by atoms with E-state index in [9.17, 15) is 14.0 Å². The van der Waals surface area contributed by atoms with Crippen LogP contribution in [0.15, 0.2) is 29.3 Å². The molecule has 32 heavy (non-hydrogen) atoms. The number of rotatable bonds is 5. The Hall–Kier alpha value is -3.04. The number of guanidine groups is 1. The summed E-state index contributed by atoms with van der Waals surface area (Å²) in [6, 6.07) is 6.47. The molecule has 10 heteroatoms. The molecule has 0 spiro atoms. The van der Waals surface area contributed by atoms with E-state index in [2.05, 4.69) is 20.1 Å². The fourth-order valence-electron chi connectivity index (χ4n) is 3.95. The summed E-state index contributed by atoms with van der Waals surface area (Å²) in [5, 5.41) is 3.27. The molecule has 2 saturated heterocycles. The van der Waals surface area contributed by atoms with Crippen molar-refractivity contribution in [3.05, 3.63) is 30.1 Å². The van der Waals surface area contributed by atoms with Crippen LogP contribution in [0, 0.1) is 5.82 Å². The van der Waals surface area contributed by atoms with Gasteiger partial charge in [-0.3, -0.25) is 9.79 Å². The van der Waals surface area contributed by atoms with Crippen LogP contribution < -0.4 is 10.2 Å². The van der Waals surface area contributed by atoms with Crippen molar-refractivity contribution in [2.45, 2.75) is 13.3 Å². The Bertz CT molecular complexity index is 787. The Labute approximate surface area is 188 Å². The normalized spacial score (nSPS) is 17.4. The molecule has 3 rings (SSSR count). The van der Waals surface area contributed by atoms with Crippen LogP contribution in [-0.4, -0.2) is 105 Å². The second kappa shape index (κ2) is 11.5. The van der Waals surface area contributed by atoms with Crippen molar-refractivity contribution in [2.75, 3.05) is 77.5 Å². The Morgan fingerprint density at radius 2 is 1.56 bits per heavy atom. The van der Waals surface area contributed by atoms with E-state index in [1.807, 2.05) is 4.90 Å². The fourth-order valence-corrected chi connectivity index (χ4v) is 3.95. The number of hydrogen-bond donors (Lipinski definition) is 1. The number of hydrogen-bond acceptors (Lipinski definition) is 5. The monoisotopic (exact) mass is 448 g/mol. The van der Waals surface area contributed by atoms with E-state index in [0.717, 1.165) is 24.7 Å². The number of amides is 2. The Kier molecular flexibility index (Phi) is 8.52. The number of nitrogens with zero attached hydrogens (tertiary/aromatic N) is 5. The maximum atomic E-state index is 13.1. The number of carbonyl (C=O) groups is 2. The highest BCUT2D eigenvalue weighted by molar-refractivity contribution is 5.82. The maximum Gasteiger partial charge on any atom is 0.409 e. The number of benzene rings is 1. The lowest BCUT2D eigenvalue weighted by Gasteiger charge is -2.37. The number of piperazine rings is 2. The number of carbonyl (C=O) groups excluding carboxylic acids is 2. The summed E-state index contributed by atoms with van der Waals surface area (Å²) in [5.74, 6) is 0.604. The lowest BCUT2D eigenvalue weighted by atomic mass is 10.2. The van der Waals surface area contributed by atoms with Gasteiger partial charge in [0, 0.05) is 78.1 Å². The van der Waals surface area contributed by atoms with E-state index in [4.69, 9.17) is 4.74 Å². The zero-order chi connectivity index (χ0) is 22.9. The minimum absolute atomic E-state index is 0.110. The first kappa shape index (κ1) is 23.6. The number of ether oxygens (including phenoxy) is 1. The Morgan fingerprint density at radius 3 is 2.16 bits per heavy atom. The minimum Gasteiger partial charge on any atom is -0.450 e. The zero-order valence-corrected chi connectivity index (χ0v) is 18.9. The predicted octanol–water partition coefficient (Wildman–Crippen LogP) is 1.21. The molecule has 1 aromatic carbocycles. The smallest absolute Gasteiger partial charge is 0.409 e. The second-order valence-electron chi connectivity index (χ2n) is 7.74. The molecular weight excluding hydrogens is 415 g/mol. The molecular formula is C22H33FN6O3. The van der Waals surface area contributed by atoms with Crippen LogP contribution in [0.25, 0.3) is 0 Å². The molecule has 2 aliphatic heterocycles. The van der Waals surface area contributed by atoms with Gasteiger partial charge in [0.15, 0.2) is 5.96 Å². The molecule has 2 heterocycles. The topological polar surface area (TPSA) is 80.7 Å². The van der Waals surface area contributed by atoms with Crippen molar-refractivity contribution < 1.29 is 18.7 Å². The number of aliphatic imine (C=N–C) groups is 1. The van der Waals surface area contributed by atoms with Crippen molar-refractivity contribution in [3.63, 3.8) is 0 Å². The summed E-state index contributed by atoms with van der Waals surface area (Å²) in [7, 11) is 1.72. The van der Waals surface area contributed by atoms with Gasteiger partial charge in [-0.1, -0.05) is 0 Å². The summed E-state index contributed by atoms with van der Waals surface area (Å²) in [6.07, 6.45) is 0.110. The summed E-state index contributed by atoms with van der Waals surface area (Å²) >= 11 is 0. The highest BCUT2D eigenvalue weighted by atomic mass is 19.1. The van der Waals surface area contributed by atoms with Gasteiger partial charge in [-0.25, -0.2) is 9.18 Å². The van der Waals surface area contributed by atoms with Gasteiger partial charge < -0.3 is 29.7 Å². The van der Waals surface area contributed by atoms with Gasteiger partial charge in [0.2, 0.25) is 5.91 Å². The van der Waals surface area contributed by atoms with Crippen LogP contribution in [0.3, 0.4) is 0 Å². The van der Waals surface area contributed by atoms with E-state index in [1.165, 1.54) is 12.1 Å². The summed E-state index contributed by atoms with van der Waals surface area (Å²) in [5.41, 5.74) is 0.979. The van der Waals surface area contributed by atoms with Crippen molar-refractivity contribution in [2.24, 2.45) is 4.99 Å². The summed E-state index contributed by atoms with van der Waals surface area (Å²) in [4.78, 5) is 36.6. The molecule has 0 unspecified atom stereocenters. The van der Waals surface area contributed by atoms with Gasteiger partial charge in [-0.15, -0.1) is 0 Å². The molecule has 9 nitrogen and oxygen atoms in total. The van der Waals surface area contributed by atoms with Crippen molar-refractivity contribution in [1.82, 2.24) is 20.0 Å². The first-order valence-electron chi connectivity index (χ1n) is 11.2. The van der Waals surface area contributed by atoms with Gasteiger partial charge in [0.25, 0.3) is 0 Å². The molecule has 0 saturated carbocycles. The highest BCUT2D eigenvalue weighted by Gasteiger charge is 2.24. The van der Waals surface area contributed by atoms with E-state index < -0.39 is 0 Å². The number of halogens is 1. The molecule has 2 amide bonds. The summed E-state index contributed by atoms with van der Waals surface area (Å²) < 4.78 is 18.2. The molecule has 0 aromatic heterocycles. The van der Waals surface area contributed by atoms with E-state index in [-0.39, 0.29) is 17.8 Å². The van der Waals surface area contributed by atoms with Crippen LogP contribution in [0.5, 0.6) is 0 Å². The molecule has 0 radical (unpaired) electrons. The third-order valence-corrected chi connectivity index (χ3v) is 5.76. The molecule has 2 fully saturated rings. The van der Waals surface area contributed by atoms with Crippen molar-refractivity contribution in [3.8, 4) is 0 Å². The quantitative estimate of drug-likeness (QED) is 0.539. The molecule has 1 N–H and O–H groups in total. The van der Waals surface area contributed by atoms with Crippen molar-refractivity contribution >= 4 is 23.6 Å². The minimum atomic E-state index is -0.278. The Morgan fingerprint density at radius 1 is 0.969 bits per heavy atom. The molecule has 0 aliphatic carbocycles. The van der Waals surface area contributed by atoms with Crippen LogP contribution >= 0.6 is 0 Å². The average Bonchev–Trinajstić information content (AvgIpc) is 2.82. The summed E-state index contributed by atoms with van der Waals surface area (Å²) in [6.45, 7) is 7.94. The van der Waals surface area contributed by atoms with Crippen LogP contribution in [0.4, 0.5) is 14.9 Å². The van der Waals surface area contributed by atoms with E-state index in [1.54, 1.807) is 31.0 Å². The zero-order valence-electron chi connectivity index (χ0n) is 18.9. The highest BCUT2D eigenvalue weighted by Crippen LogP contribution is 2.17. The number of anilines is 1. The molecule has 1 aromatic rings. The van der Waals surface area contributed by atoms with Crippen LogP contribution in [-0.2, 0) is 9.53 Å². The third kappa shape index (κ3) is 6.24. The third-order valence-electron chi connectivity index (χ3n) is 5.76. The SMILES string of the molecule is CCOC(=O)N1CCN(C(=NC)NCCC(=O)N2CCN(c3ccc(F)cc3)CC2)CC1. The van der Waals surface area contributed by atoms with Crippen LogP contribution in [0.1, 0.15) is 13.3 Å². The molecule has 2 aliphatic rings. The van der Waals surface area contributed by atoms with Gasteiger partial charge in [-0.05, 0) is 31.2 Å². The van der Waals surface area contributed by atoms with Gasteiger partial charge >= 0.3 is 6.09 Å². The van der Waals surface area contributed by atoms with Gasteiger partial charge in [0.1, 0.15) is 5.82 Å². The van der Waals surface area contributed by atoms with E-state index in [0.29, 0.717) is 58.8 Å². The molecule has 0 atom stereocenters. The maximum absolute atomic E-state index is 13.1. The Balaban J connectivity index is 1.37. The first-order valence-corrected chi connectivity index (χ1v) is 11.2. The van der Waals surface area contributed by atoms with Crippen molar-refractivity contribution in [1.29, 1.82) is 0 Å². The fraction of sp³-hybridized carbons (Fsp3) is 0.591. The number of nitrogens with one attached hydrogen (secondary N) is 1. The second-order valence-corrected chi connectivity index (χ2v) is 7.74. The molecule has 176 valence electrons. The predicted molar refractivity (Wildman–Crippen MR) is 121 cm³/mol. The lowest BCUT2D eigenvalue weighted by molar-refractivity contribution is -0.131. The average molecular weight is 449 g/mol. The standard InChI is InChI=1S/C22H33FN6O3/c1-3-32-22(31)29-16-14-28(15-17-29)21(24-2)25-9-8-20(30)27-12-10-26(11-13-27)19-6-4-18(23)5-7-19/h4-7H,3,8-17H2,1-2H3,(H,24,25). The van der Waals surface area contributed by atoms with Crippen LogP contribution in [0.2, 0.25) is 0 Å². The largest absolute Gasteiger partial charge is 0.450 e. The van der Waals surface area contributed by atoms with Gasteiger partial charge in [0.05, 0.1) is 6.61 Å². The van der Waals surface area contributed by atoms with E-state index >= 15 is 0 Å².